The smallest absolute Gasteiger partial charge is 0.243 e. The van der Waals surface area contributed by atoms with Crippen LogP contribution in [0.25, 0.3) is 0 Å². The zero-order chi connectivity index (χ0) is 14.8. The fourth-order valence-corrected chi connectivity index (χ4v) is 4.37. The van der Waals surface area contributed by atoms with Crippen LogP contribution in [0.2, 0.25) is 0 Å². The molecular weight excluding hydrogens is 274 g/mol. The molecule has 5 nitrogen and oxygen atoms in total. The highest BCUT2D eigenvalue weighted by Gasteiger charge is 2.35. The quantitative estimate of drug-likeness (QED) is 0.913. The zero-order valence-corrected chi connectivity index (χ0v) is 12.3. The first-order valence-corrected chi connectivity index (χ1v) is 8.18. The molecule has 0 spiro atoms. The van der Waals surface area contributed by atoms with Gasteiger partial charge in [0.2, 0.25) is 10.0 Å². The minimum Gasteiger partial charge on any atom is -0.326 e. The lowest BCUT2D eigenvalue weighted by molar-refractivity contribution is 0.227. The van der Waals surface area contributed by atoms with Crippen molar-refractivity contribution in [3.63, 3.8) is 0 Å². The highest BCUT2D eigenvalue weighted by Crippen LogP contribution is 2.26. The average molecular weight is 293 g/mol. The number of benzene rings is 1. The maximum atomic E-state index is 12.7. The van der Waals surface area contributed by atoms with E-state index in [2.05, 4.69) is 0 Å². The molecule has 6 heteroatoms. The van der Waals surface area contributed by atoms with Crippen molar-refractivity contribution in [3.8, 4) is 6.07 Å². The van der Waals surface area contributed by atoms with Crippen LogP contribution in [-0.2, 0) is 10.0 Å². The van der Waals surface area contributed by atoms with Gasteiger partial charge in [-0.1, -0.05) is 6.42 Å². The lowest BCUT2D eigenvalue weighted by Crippen LogP contribution is -2.51. The first kappa shape index (κ1) is 15.0. The van der Waals surface area contributed by atoms with Gasteiger partial charge in [-0.05, 0) is 44.0 Å². The van der Waals surface area contributed by atoms with Crippen LogP contribution in [0.3, 0.4) is 0 Å². The summed E-state index contributed by atoms with van der Waals surface area (Å²) in [7, 11) is -3.54. The Hall–Kier alpha value is -1.42. The van der Waals surface area contributed by atoms with E-state index >= 15 is 0 Å². The van der Waals surface area contributed by atoms with Gasteiger partial charge in [-0.15, -0.1) is 0 Å². The van der Waals surface area contributed by atoms with Crippen LogP contribution in [0, 0.1) is 11.3 Å². The van der Waals surface area contributed by atoms with Crippen molar-refractivity contribution in [3.05, 3.63) is 29.8 Å². The number of hydrogen-bond donors (Lipinski definition) is 1. The molecule has 0 aromatic heterocycles. The summed E-state index contributed by atoms with van der Waals surface area (Å²) in [6, 6.07) is 7.67. The molecule has 1 fully saturated rings. The summed E-state index contributed by atoms with van der Waals surface area (Å²) in [5, 5.41) is 8.77. The molecule has 2 N–H and O–H groups in total. The predicted octanol–water partition coefficient (Wildman–Crippen LogP) is 1.45. The summed E-state index contributed by atoms with van der Waals surface area (Å²) in [5.41, 5.74) is 6.38. The summed E-state index contributed by atoms with van der Waals surface area (Å²) in [5.74, 6) is 0. The van der Waals surface area contributed by atoms with Crippen LogP contribution in [0.5, 0.6) is 0 Å². The van der Waals surface area contributed by atoms with Gasteiger partial charge in [-0.3, -0.25) is 0 Å². The summed E-state index contributed by atoms with van der Waals surface area (Å²) >= 11 is 0. The Labute approximate surface area is 120 Å². The Kier molecular flexibility index (Phi) is 4.43. The van der Waals surface area contributed by atoms with Crippen LogP contribution < -0.4 is 5.73 Å². The van der Waals surface area contributed by atoms with Gasteiger partial charge in [0.05, 0.1) is 16.5 Å². The molecule has 0 radical (unpaired) electrons. The van der Waals surface area contributed by atoms with E-state index in [1.165, 1.54) is 28.6 Å². The van der Waals surface area contributed by atoms with Gasteiger partial charge in [-0.2, -0.15) is 9.57 Å². The molecule has 1 aromatic carbocycles. The molecule has 1 heterocycles. The van der Waals surface area contributed by atoms with Crippen molar-refractivity contribution >= 4 is 10.0 Å². The molecule has 0 saturated carbocycles. The van der Waals surface area contributed by atoms with Crippen LogP contribution >= 0.6 is 0 Å². The largest absolute Gasteiger partial charge is 0.326 e. The Balaban J connectivity index is 2.34. The first-order valence-electron chi connectivity index (χ1n) is 6.74. The van der Waals surface area contributed by atoms with Gasteiger partial charge in [0.15, 0.2) is 0 Å². The van der Waals surface area contributed by atoms with E-state index in [0.29, 0.717) is 12.1 Å². The lowest BCUT2D eigenvalue weighted by atomic mass is 10.00. The lowest BCUT2D eigenvalue weighted by Gasteiger charge is -2.36. The maximum absolute atomic E-state index is 12.7. The summed E-state index contributed by atoms with van der Waals surface area (Å²) in [6.45, 7) is 2.35. The monoisotopic (exact) mass is 293 g/mol. The highest BCUT2D eigenvalue weighted by atomic mass is 32.2. The molecule has 2 unspecified atom stereocenters. The Morgan fingerprint density at radius 2 is 2.00 bits per heavy atom. The zero-order valence-electron chi connectivity index (χ0n) is 11.5. The van der Waals surface area contributed by atoms with Crippen LogP contribution in [0.4, 0.5) is 0 Å². The van der Waals surface area contributed by atoms with Crippen LogP contribution in [-0.4, -0.2) is 31.4 Å². The van der Waals surface area contributed by atoms with E-state index in [4.69, 9.17) is 11.0 Å². The van der Waals surface area contributed by atoms with Crippen molar-refractivity contribution in [1.29, 1.82) is 5.26 Å². The standard InChI is InChI=1S/C14H19N3O2S/c1-11(16)14-4-2-3-9-17(14)20(18,19)13-7-5-12(10-15)6-8-13/h5-8,11,14H,2-4,9,16H2,1H3. The number of nitriles is 1. The second-order valence-electron chi connectivity index (χ2n) is 5.17. The highest BCUT2D eigenvalue weighted by molar-refractivity contribution is 7.89. The fourth-order valence-electron chi connectivity index (χ4n) is 2.59. The van der Waals surface area contributed by atoms with Crippen molar-refractivity contribution in [2.75, 3.05) is 6.54 Å². The van der Waals surface area contributed by atoms with E-state index in [0.717, 1.165) is 19.3 Å². The molecule has 1 aliphatic heterocycles. The van der Waals surface area contributed by atoms with E-state index < -0.39 is 10.0 Å². The molecular formula is C14H19N3O2S. The van der Waals surface area contributed by atoms with Gasteiger partial charge in [-0.25, -0.2) is 8.42 Å². The van der Waals surface area contributed by atoms with Crippen molar-refractivity contribution in [2.45, 2.75) is 43.2 Å². The molecule has 2 atom stereocenters. The molecule has 108 valence electrons. The van der Waals surface area contributed by atoms with E-state index in [-0.39, 0.29) is 17.0 Å². The SMILES string of the molecule is CC(N)C1CCCCN1S(=O)(=O)c1ccc(C#N)cc1. The molecule has 1 aliphatic rings. The van der Waals surface area contributed by atoms with E-state index in [1.807, 2.05) is 13.0 Å². The number of rotatable bonds is 3. The third kappa shape index (κ3) is 2.85. The molecule has 0 aliphatic carbocycles. The van der Waals surface area contributed by atoms with Crippen LogP contribution in [0.1, 0.15) is 31.7 Å². The van der Waals surface area contributed by atoms with E-state index in [1.54, 1.807) is 0 Å². The number of sulfonamides is 1. The maximum Gasteiger partial charge on any atom is 0.243 e. The summed E-state index contributed by atoms with van der Waals surface area (Å²) < 4.78 is 26.9. The number of nitrogens with zero attached hydrogens (tertiary/aromatic N) is 2. The second-order valence-corrected chi connectivity index (χ2v) is 7.06. The van der Waals surface area contributed by atoms with Crippen LogP contribution in [0.15, 0.2) is 29.2 Å². The van der Waals surface area contributed by atoms with Gasteiger partial charge in [0, 0.05) is 18.6 Å². The predicted molar refractivity (Wildman–Crippen MR) is 76.3 cm³/mol. The van der Waals surface area contributed by atoms with Gasteiger partial charge in [0.1, 0.15) is 0 Å². The van der Waals surface area contributed by atoms with Gasteiger partial charge in [0.25, 0.3) is 0 Å². The van der Waals surface area contributed by atoms with Crippen molar-refractivity contribution in [1.82, 2.24) is 4.31 Å². The Morgan fingerprint density at radius 1 is 1.35 bits per heavy atom. The van der Waals surface area contributed by atoms with E-state index in [9.17, 15) is 8.42 Å². The number of nitrogens with two attached hydrogens (primary N) is 1. The summed E-state index contributed by atoms with van der Waals surface area (Å²) in [4.78, 5) is 0.226. The third-order valence-electron chi connectivity index (χ3n) is 3.70. The Bertz CT molecular complexity index is 602. The molecule has 0 amide bonds. The molecule has 20 heavy (non-hydrogen) atoms. The summed E-state index contributed by atoms with van der Waals surface area (Å²) in [6.07, 6.45) is 2.66. The third-order valence-corrected chi connectivity index (χ3v) is 5.63. The Morgan fingerprint density at radius 3 is 2.55 bits per heavy atom. The van der Waals surface area contributed by atoms with Gasteiger partial charge >= 0.3 is 0 Å². The molecule has 1 saturated heterocycles. The number of hydrogen-bond acceptors (Lipinski definition) is 4. The van der Waals surface area contributed by atoms with Gasteiger partial charge < -0.3 is 5.73 Å². The average Bonchev–Trinajstić information content (AvgIpc) is 2.47. The van der Waals surface area contributed by atoms with Crippen molar-refractivity contribution < 1.29 is 8.42 Å². The first-order chi connectivity index (χ1) is 9.46. The fraction of sp³-hybridized carbons (Fsp3) is 0.500. The topological polar surface area (TPSA) is 87.2 Å². The molecule has 1 aromatic rings. The number of piperidine rings is 1. The normalized spacial score (nSPS) is 22.1. The van der Waals surface area contributed by atoms with Crippen molar-refractivity contribution in [2.24, 2.45) is 5.73 Å². The second kappa shape index (κ2) is 5.92. The molecule has 0 bridgehead atoms. The minimum atomic E-state index is -3.54. The minimum absolute atomic E-state index is 0.149. The molecule has 2 rings (SSSR count).